The van der Waals surface area contributed by atoms with Crippen LogP contribution in [0.25, 0.3) is 0 Å². The topological polar surface area (TPSA) is 81.2 Å². The molecule has 0 N–H and O–H groups in total. The number of pyridine rings is 1. The zero-order chi connectivity index (χ0) is 21.1. The molecule has 0 bridgehead atoms. The Kier molecular flexibility index (Phi) is 5.94. The summed E-state index contributed by atoms with van der Waals surface area (Å²) in [4.78, 5) is 32.9. The van der Waals surface area contributed by atoms with Gasteiger partial charge in [0.15, 0.2) is 11.5 Å². The molecule has 0 atom stereocenters. The predicted molar refractivity (Wildman–Crippen MR) is 111 cm³/mol. The molecule has 1 aromatic carbocycles. The molecule has 2 aliphatic heterocycles. The molecule has 9 heteroatoms. The number of fused-ring (bicyclic) bond motifs is 1. The van der Waals surface area contributed by atoms with Crippen LogP contribution in [0.4, 0.5) is 5.82 Å². The van der Waals surface area contributed by atoms with E-state index in [1.54, 1.807) is 36.1 Å². The highest BCUT2D eigenvalue weighted by molar-refractivity contribution is 6.32. The molecule has 158 valence electrons. The quantitative estimate of drug-likeness (QED) is 0.688. The highest BCUT2D eigenvalue weighted by atomic mass is 35.5. The Bertz CT molecular complexity index is 942. The summed E-state index contributed by atoms with van der Waals surface area (Å²) in [7, 11) is 0. The van der Waals surface area contributed by atoms with Gasteiger partial charge in [0.25, 0.3) is 5.91 Å². The molecule has 3 heterocycles. The normalized spacial score (nSPS) is 15.7. The van der Waals surface area contributed by atoms with E-state index in [-0.39, 0.29) is 11.9 Å². The molecular weight excluding hydrogens is 410 g/mol. The largest absolute Gasteiger partial charge is 0.486 e. The zero-order valence-electron chi connectivity index (χ0n) is 16.6. The first-order valence-electron chi connectivity index (χ1n) is 9.83. The highest BCUT2D eigenvalue weighted by Gasteiger charge is 2.26. The van der Waals surface area contributed by atoms with Gasteiger partial charge in [-0.1, -0.05) is 11.6 Å². The Labute approximate surface area is 179 Å². The molecule has 2 aromatic rings. The van der Waals surface area contributed by atoms with Crippen molar-refractivity contribution < 1.29 is 23.8 Å². The third-order valence-electron chi connectivity index (χ3n) is 4.99. The van der Waals surface area contributed by atoms with Crippen LogP contribution in [0.2, 0.25) is 5.02 Å². The summed E-state index contributed by atoms with van der Waals surface area (Å²) >= 11 is 6.26. The average molecular weight is 432 g/mol. The van der Waals surface area contributed by atoms with E-state index >= 15 is 0 Å². The summed E-state index contributed by atoms with van der Waals surface area (Å²) in [6.45, 7) is 5.33. The third kappa shape index (κ3) is 4.14. The van der Waals surface area contributed by atoms with E-state index in [0.717, 1.165) is 5.82 Å². The second-order valence-corrected chi connectivity index (χ2v) is 7.29. The number of aromatic nitrogens is 1. The summed E-state index contributed by atoms with van der Waals surface area (Å²) in [6.07, 6.45) is 1.52. The number of carbonyl (C=O) groups excluding carboxylic acids is 2. The van der Waals surface area contributed by atoms with Gasteiger partial charge in [-0.05, 0) is 31.2 Å². The first-order chi connectivity index (χ1) is 14.6. The minimum atomic E-state index is -0.384. The van der Waals surface area contributed by atoms with E-state index in [9.17, 15) is 9.59 Å². The van der Waals surface area contributed by atoms with Crippen molar-refractivity contribution in [2.45, 2.75) is 6.92 Å². The van der Waals surface area contributed by atoms with Crippen LogP contribution in [0.1, 0.15) is 27.6 Å². The number of carbonyl (C=O) groups is 2. The number of nitrogens with zero attached hydrogens (tertiary/aromatic N) is 3. The lowest BCUT2D eigenvalue weighted by Crippen LogP contribution is -2.49. The lowest BCUT2D eigenvalue weighted by atomic mass is 10.1. The number of piperazine rings is 1. The molecule has 4 rings (SSSR count). The van der Waals surface area contributed by atoms with Gasteiger partial charge in [0.2, 0.25) is 0 Å². The van der Waals surface area contributed by atoms with Gasteiger partial charge in [-0.3, -0.25) is 4.79 Å². The Morgan fingerprint density at radius 3 is 2.57 bits per heavy atom. The number of ether oxygens (including phenoxy) is 3. The van der Waals surface area contributed by atoms with Crippen molar-refractivity contribution in [1.29, 1.82) is 0 Å². The zero-order valence-corrected chi connectivity index (χ0v) is 17.4. The Balaban J connectivity index is 1.39. The van der Waals surface area contributed by atoms with Crippen molar-refractivity contribution in [3.05, 3.63) is 46.6 Å². The number of benzene rings is 1. The minimum absolute atomic E-state index is 0.0980. The Morgan fingerprint density at radius 1 is 1.10 bits per heavy atom. The van der Waals surface area contributed by atoms with Gasteiger partial charge in [-0.2, -0.15) is 0 Å². The molecule has 8 nitrogen and oxygen atoms in total. The Morgan fingerprint density at radius 2 is 1.87 bits per heavy atom. The number of hydrogen-bond acceptors (Lipinski definition) is 7. The number of rotatable bonds is 4. The maximum atomic E-state index is 12.9. The number of hydrogen-bond donors (Lipinski definition) is 0. The third-order valence-corrected chi connectivity index (χ3v) is 5.27. The van der Waals surface area contributed by atoms with Gasteiger partial charge < -0.3 is 24.0 Å². The second kappa shape index (κ2) is 8.79. The molecule has 2 aliphatic rings. The van der Waals surface area contributed by atoms with Crippen LogP contribution in [-0.2, 0) is 4.74 Å². The summed E-state index contributed by atoms with van der Waals surface area (Å²) in [5, 5.41) is 0.375. The summed E-state index contributed by atoms with van der Waals surface area (Å²) in [5.74, 6) is 1.27. The van der Waals surface area contributed by atoms with Gasteiger partial charge in [0.05, 0.1) is 17.2 Å². The van der Waals surface area contributed by atoms with Crippen molar-refractivity contribution in [2.75, 3.05) is 50.9 Å². The number of esters is 1. The fourth-order valence-corrected chi connectivity index (χ4v) is 3.73. The SMILES string of the molecule is CCOC(=O)c1ccc(N2CCN(C(=O)c3cc(Cl)c4c(c3)OCCO4)CC2)nc1. The van der Waals surface area contributed by atoms with E-state index in [4.69, 9.17) is 25.8 Å². The average Bonchev–Trinajstić information content (AvgIpc) is 2.79. The summed E-state index contributed by atoms with van der Waals surface area (Å²) in [5.41, 5.74) is 0.902. The van der Waals surface area contributed by atoms with E-state index in [2.05, 4.69) is 9.88 Å². The molecular formula is C21H22ClN3O5. The molecule has 1 saturated heterocycles. The van der Waals surface area contributed by atoms with Crippen LogP contribution in [0.3, 0.4) is 0 Å². The van der Waals surface area contributed by atoms with Crippen molar-refractivity contribution in [3.8, 4) is 11.5 Å². The van der Waals surface area contributed by atoms with E-state index in [0.29, 0.717) is 73.6 Å². The van der Waals surface area contributed by atoms with Gasteiger partial charge in [0, 0.05) is 37.9 Å². The fraction of sp³-hybridized carbons (Fsp3) is 0.381. The second-order valence-electron chi connectivity index (χ2n) is 6.89. The molecule has 0 saturated carbocycles. The van der Waals surface area contributed by atoms with Crippen molar-refractivity contribution >= 4 is 29.3 Å². The molecule has 0 unspecified atom stereocenters. The number of halogens is 1. The molecule has 0 radical (unpaired) electrons. The first kappa shape index (κ1) is 20.3. The van der Waals surface area contributed by atoms with Crippen LogP contribution in [-0.4, -0.2) is 67.8 Å². The maximum Gasteiger partial charge on any atom is 0.339 e. The molecule has 0 spiro atoms. The Hall–Kier alpha value is -3.00. The maximum absolute atomic E-state index is 12.9. The molecule has 0 aliphatic carbocycles. The monoisotopic (exact) mass is 431 g/mol. The van der Waals surface area contributed by atoms with Crippen molar-refractivity contribution in [1.82, 2.24) is 9.88 Å². The standard InChI is InChI=1S/C21H22ClN3O5/c1-2-28-21(27)14-3-4-18(23-13-14)24-5-7-25(8-6-24)20(26)15-11-16(22)19-17(12-15)29-9-10-30-19/h3-4,11-13H,2,5-10H2,1H3. The van der Waals surface area contributed by atoms with Gasteiger partial charge in [0.1, 0.15) is 19.0 Å². The van der Waals surface area contributed by atoms with Crippen LogP contribution >= 0.6 is 11.6 Å². The molecule has 1 fully saturated rings. The predicted octanol–water partition coefficient (Wildman–Crippen LogP) is 2.65. The lowest BCUT2D eigenvalue weighted by molar-refractivity contribution is 0.0525. The van der Waals surface area contributed by atoms with E-state index in [1.165, 1.54) is 6.20 Å². The van der Waals surface area contributed by atoms with Crippen LogP contribution in [0.5, 0.6) is 11.5 Å². The van der Waals surface area contributed by atoms with Crippen molar-refractivity contribution in [3.63, 3.8) is 0 Å². The number of amides is 1. The van der Waals surface area contributed by atoms with Gasteiger partial charge in [-0.25, -0.2) is 9.78 Å². The van der Waals surface area contributed by atoms with Crippen LogP contribution in [0.15, 0.2) is 30.5 Å². The fourth-order valence-electron chi connectivity index (χ4n) is 3.46. The lowest BCUT2D eigenvalue weighted by Gasteiger charge is -2.35. The summed E-state index contributed by atoms with van der Waals surface area (Å²) in [6, 6.07) is 6.81. The molecule has 30 heavy (non-hydrogen) atoms. The highest BCUT2D eigenvalue weighted by Crippen LogP contribution is 2.38. The number of anilines is 1. The smallest absolute Gasteiger partial charge is 0.339 e. The van der Waals surface area contributed by atoms with Crippen LogP contribution in [0, 0.1) is 0 Å². The van der Waals surface area contributed by atoms with Gasteiger partial charge in [-0.15, -0.1) is 0 Å². The van der Waals surface area contributed by atoms with Crippen molar-refractivity contribution in [2.24, 2.45) is 0 Å². The summed E-state index contributed by atoms with van der Waals surface area (Å²) < 4.78 is 16.1. The van der Waals surface area contributed by atoms with E-state index in [1.807, 2.05) is 0 Å². The van der Waals surface area contributed by atoms with Crippen LogP contribution < -0.4 is 14.4 Å². The molecule has 1 amide bonds. The minimum Gasteiger partial charge on any atom is -0.486 e. The van der Waals surface area contributed by atoms with Gasteiger partial charge >= 0.3 is 5.97 Å². The van der Waals surface area contributed by atoms with E-state index < -0.39 is 0 Å². The molecule has 1 aromatic heterocycles. The first-order valence-corrected chi connectivity index (χ1v) is 10.2.